The molecular weight excluding hydrogens is 436 g/mol. The maximum Gasteiger partial charge on any atom is 0.262 e. The Bertz CT molecular complexity index is 1390. The van der Waals surface area contributed by atoms with Crippen LogP contribution >= 0.6 is 11.8 Å². The van der Waals surface area contributed by atoms with Gasteiger partial charge in [0.1, 0.15) is 0 Å². The summed E-state index contributed by atoms with van der Waals surface area (Å²) in [7, 11) is 0. The average Bonchev–Trinajstić information content (AvgIpc) is 2.82. The highest BCUT2D eigenvalue weighted by Gasteiger charge is 2.20. The monoisotopic (exact) mass is 458 g/mol. The number of carbonyl (C=O) groups excluding carboxylic acids is 2. The molecule has 0 aliphatic carbocycles. The summed E-state index contributed by atoms with van der Waals surface area (Å²) in [5.74, 6) is -0.329. The zero-order valence-electron chi connectivity index (χ0n) is 18.2. The fourth-order valence-electron chi connectivity index (χ4n) is 3.32. The van der Waals surface area contributed by atoms with E-state index in [0.717, 1.165) is 5.56 Å². The zero-order chi connectivity index (χ0) is 23.4. The number of fused-ring (bicyclic) bond motifs is 1. The van der Waals surface area contributed by atoms with Gasteiger partial charge in [0.15, 0.2) is 10.9 Å². The molecule has 0 saturated carbocycles. The maximum atomic E-state index is 13.3. The highest BCUT2D eigenvalue weighted by Crippen LogP contribution is 2.24. The number of hydrogen-bond acceptors (Lipinski definition) is 6. The molecule has 4 rings (SSSR count). The van der Waals surface area contributed by atoms with E-state index >= 15 is 0 Å². The van der Waals surface area contributed by atoms with Crippen molar-refractivity contribution in [3.8, 4) is 0 Å². The van der Waals surface area contributed by atoms with Crippen LogP contribution in [0.4, 0.5) is 5.69 Å². The minimum atomic E-state index is -0.542. The Labute approximate surface area is 194 Å². The molecule has 166 valence electrons. The number of aromatic nitrogens is 3. The minimum Gasteiger partial charge on any atom is -0.325 e. The van der Waals surface area contributed by atoms with Gasteiger partial charge in [0.25, 0.3) is 5.56 Å². The number of rotatable bonds is 7. The van der Waals surface area contributed by atoms with Crippen LogP contribution in [0.2, 0.25) is 0 Å². The van der Waals surface area contributed by atoms with E-state index in [2.05, 4.69) is 15.3 Å². The third-order valence-corrected chi connectivity index (χ3v) is 6.17. The topological polar surface area (TPSA) is 94.0 Å². The van der Waals surface area contributed by atoms with Gasteiger partial charge in [-0.15, -0.1) is 0 Å². The van der Waals surface area contributed by atoms with Gasteiger partial charge in [0, 0.05) is 23.6 Å². The van der Waals surface area contributed by atoms with Gasteiger partial charge < -0.3 is 5.32 Å². The van der Waals surface area contributed by atoms with Crippen LogP contribution in [0.3, 0.4) is 0 Å². The maximum absolute atomic E-state index is 13.3. The largest absolute Gasteiger partial charge is 0.325 e. The first-order valence-electron chi connectivity index (χ1n) is 10.4. The first-order chi connectivity index (χ1) is 15.9. The fraction of sp³-hybridized carbons (Fsp3) is 0.160. The van der Waals surface area contributed by atoms with Crippen LogP contribution in [0.15, 0.2) is 83.0 Å². The molecule has 1 atom stereocenters. The molecule has 0 radical (unpaired) electrons. The predicted molar refractivity (Wildman–Crippen MR) is 130 cm³/mol. The number of hydrogen-bond donors (Lipinski definition) is 1. The number of thioether (sulfide) groups is 1. The average molecular weight is 459 g/mol. The second-order valence-corrected chi connectivity index (χ2v) is 8.86. The summed E-state index contributed by atoms with van der Waals surface area (Å²) in [4.78, 5) is 46.6. The molecule has 33 heavy (non-hydrogen) atoms. The van der Waals surface area contributed by atoms with Crippen LogP contribution in [-0.4, -0.2) is 31.5 Å². The van der Waals surface area contributed by atoms with E-state index in [1.54, 1.807) is 66.3 Å². The Morgan fingerprint density at radius 2 is 1.91 bits per heavy atom. The number of Topliss-reactive ketones (excluding diaryl/α,β-unsaturated/α-hetero) is 1. The lowest BCUT2D eigenvalue weighted by molar-refractivity contribution is -0.115. The van der Waals surface area contributed by atoms with Crippen LogP contribution in [0.1, 0.15) is 29.8 Å². The van der Waals surface area contributed by atoms with Gasteiger partial charge in [-0.05, 0) is 49.7 Å². The number of carbonyl (C=O) groups is 2. The minimum absolute atomic E-state index is 0.0756. The molecule has 1 amide bonds. The summed E-state index contributed by atoms with van der Waals surface area (Å²) in [5, 5.41) is 3.26. The quantitative estimate of drug-likeness (QED) is 0.254. The van der Waals surface area contributed by atoms with E-state index in [1.807, 2.05) is 18.2 Å². The molecule has 0 aliphatic heterocycles. The van der Waals surface area contributed by atoms with Crippen LogP contribution in [0.25, 0.3) is 10.9 Å². The van der Waals surface area contributed by atoms with Gasteiger partial charge in [-0.1, -0.05) is 42.1 Å². The third kappa shape index (κ3) is 5.18. The molecule has 0 fully saturated rings. The highest BCUT2D eigenvalue weighted by molar-refractivity contribution is 8.00. The lowest BCUT2D eigenvalue weighted by Crippen LogP contribution is -2.27. The second-order valence-electron chi connectivity index (χ2n) is 7.55. The number of benzene rings is 2. The van der Waals surface area contributed by atoms with E-state index in [1.165, 1.54) is 18.7 Å². The molecular formula is C25H22N4O3S. The Balaban J connectivity index is 1.63. The summed E-state index contributed by atoms with van der Waals surface area (Å²) < 4.78 is 1.57. The molecule has 0 spiro atoms. The van der Waals surface area contributed by atoms with E-state index < -0.39 is 5.25 Å². The van der Waals surface area contributed by atoms with E-state index in [4.69, 9.17) is 0 Å². The molecule has 2 aromatic carbocycles. The van der Waals surface area contributed by atoms with Crippen molar-refractivity contribution in [3.05, 3.63) is 94.5 Å². The van der Waals surface area contributed by atoms with Gasteiger partial charge in [-0.3, -0.25) is 23.9 Å². The summed E-state index contributed by atoms with van der Waals surface area (Å²) in [6, 6.07) is 17.7. The Kier molecular flexibility index (Phi) is 6.65. The van der Waals surface area contributed by atoms with Crippen LogP contribution < -0.4 is 10.9 Å². The van der Waals surface area contributed by atoms with Crippen molar-refractivity contribution in [2.75, 3.05) is 5.32 Å². The van der Waals surface area contributed by atoms with E-state index in [9.17, 15) is 14.4 Å². The van der Waals surface area contributed by atoms with Gasteiger partial charge in [-0.2, -0.15) is 0 Å². The first kappa shape index (κ1) is 22.4. The summed E-state index contributed by atoms with van der Waals surface area (Å²) in [6.07, 6.45) is 3.38. The normalized spacial score (nSPS) is 11.8. The highest BCUT2D eigenvalue weighted by atomic mass is 32.2. The third-order valence-electron chi connectivity index (χ3n) is 5.08. The molecule has 0 saturated heterocycles. The Morgan fingerprint density at radius 1 is 1.09 bits per heavy atom. The van der Waals surface area contributed by atoms with Crippen molar-refractivity contribution in [1.29, 1.82) is 0 Å². The summed E-state index contributed by atoms with van der Waals surface area (Å²) in [5.41, 5.74) is 2.33. The lowest BCUT2D eigenvalue weighted by atomic mass is 10.1. The van der Waals surface area contributed by atoms with Gasteiger partial charge in [-0.25, -0.2) is 4.98 Å². The van der Waals surface area contributed by atoms with E-state index in [0.29, 0.717) is 33.9 Å². The molecule has 1 N–H and O–H groups in total. The fourth-order valence-corrected chi connectivity index (χ4v) is 4.23. The van der Waals surface area contributed by atoms with Crippen molar-refractivity contribution in [2.24, 2.45) is 0 Å². The van der Waals surface area contributed by atoms with Crippen molar-refractivity contribution < 1.29 is 9.59 Å². The second kappa shape index (κ2) is 9.79. The number of amides is 1. The molecule has 7 nitrogen and oxygen atoms in total. The molecule has 2 aromatic heterocycles. The number of pyridine rings is 1. The number of ketones is 1. The van der Waals surface area contributed by atoms with Crippen molar-refractivity contribution in [2.45, 2.75) is 30.8 Å². The molecule has 0 bridgehead atoms. The van der Waals surface area contributed by atoms with Gasteiger partial charge in [0.05, 0.1) is 22.7 Å². The smallest absolute Gasteiger partial charge is 0.262 e. The zero-order valence-corrected chi connectivity index (χ0v) is 19.0. The molecule has 1 unspecified atom stereocenters. The predicted octanol–water partition coefficient (Wildman–Crippen LogP) is 4.16. The van der Waals surface area contributed by atoms with Gasteiger partial charge in [0.2, 0.25) is 5.91 Å². The standard InChI is InChI=1S/C25H22N4O3S/c1-16(30)19-8-5-9-20(13-19)27-23(31)17(2)33-25-28-22-11-4-3-10-21(22)24(32)29(25)15-18-7-6-12-26-14-18/h3-14,17H,15H2,1-2H3,(H,27,31). The number of nitrogens with zero attached hydrogens (tertiary/aromatic N) is 3. The molecule has 2 heterocycles. The number of nitrogens with one attached hydrogen (secondary N) is 1. The van der Waals surface area contributed by atoms with Crippen molar-refractivity contribution >= 4 is 40.0 Å². The van der Waals surface area contributed by atoms with Crippen molar-refractivity contribution in [1.82, 2.24) is 14.5 Å². The van der Waals surface area contributed by atoms with Crippen LogP contribution in [0.5, 0.6) is 0 Å². The van der Waals surface area contributed by atoms with Gasteiger partial charge >= 0.3 is 0 Å². The first-order valence-corrected chi connectivity index (χ1v) is 11.3. The molecule has 4 aromatic rings. The summed E-state index contributed by atoms with van der Waals surface area (Å²) >= 11 is 1.21. The molecule has 8 heteroatoms. The number of anilines is 1. The number of para-hydroxylation sites is 1. The summed E-state index contributed by atoms with van der Waals surface area (Å²) in [6.45, 7) is 3.53. The van der Waals surface area contributed by atoms with Crippen LogP contribution in [0, 0.1) is 0 Å². The van der Waals surface area contributed by atoms with Crippen LogP contribution in [-0.2, 0) is 11.3 Å². The Hall–Kier alpha value is -3.78. The van der Waals surface area contributed by atoms with Crippen molar-refractivity contribution in [3.63, 3.8) is 0 Å². The molecule has 0 aliphatic rings. The Morgan fingerprint density at radius 3 is 2.67 bits per heavy atom. The lowest BCUT2D eigenvalue weighted by Gasteiger charge is -2.16. The SMILES string of the molecule is CC(=O)c1cccc(NC(=O)C(C)Sc2nc3ccccc3c(=O)n2Cc2cccnc2)c1. The van der Waals surface area contributed by atoms with E-state index in [-0.39, 0.29) is 17.2 Å².